The van der Waals surface area contributed by atoms with E-state index in [0.717, 1.165) is 44.7 Å². The molecule has 10 heteroatoms. The zero-order valence-electron chi connectivity index (χ0n) is 30.1. The zero-order valence-corrected chi connectivity index (χ0v) is 30.1. The van der Waals surface area contributed by atoms with E-state index >= 15 is 0 Å². The molecule has 5 aromatic carbocycles. The van der Waals surface area contributed by atoms with Crippen LogP contribution in [0.3, 0.4) is 0 Å². The number of amides is 4. The number of hydrogen-bond donors (Lipinski definition) is 6. The van der Waals surface area contributed by atoms with Crippen molar-refractivity contribution in [1.29, 1.82) is 0 Å². The van der Waals surface area contributed by atoms with Gasteiger partial charge in [-0.1, -0.05) is 115 Å². The van der Waals surface area contributed by atoms with Gasteiger partial charge < -0.3 is 32.7 Å². The van der Waals surface area contributed by atoms with E-state index in [4.69, 9.17) is 11.5 Å². The summed E-state index contributed by atoms with van der Waals surface area (Å²) in [5, 5.41) is 15.9. The minimum absolute atomic E-state index is 0.155. The Bertz CT molecular complexity index is 1980. The molecular formula is C43H50N6O4. The average molecular weight is 715 g/mol. The Balaban J connectivity index is 1.42. The number of carbonyl (C=O) groups is 4. The Morgan fingerprint density at radius 2 is 0.943 bits per heavy atom. The fourth-order valence-electron chi connectivity index (χ4n) is 6.36. The lowest BCUT2D eigenvalue weighted by Crippen LogP contribution is -2.58. The van der Waals surface area contributed by atoms with Crippen LogP contribution in [0.4, 0.5) is 0 Å². The summed E-state index contributed by atoms with van der Waals surface area (Å²) in [7, 11) is 0. The SMILES string of the molecule is NCCCCNC(=O)C(Cc1ccc2ccccc2c1)NC(=O)[C@H](Cc1ccc2ccccc2c1)NC(=O)[C@@H](Cc1ccccc1)NC(=O)CCCN. The van der Waals surface area contributed by atoms with E-state index in [1.165, 1.54) is 0 Å². The average Bonchev–Trinajstić information content (AvgIpc) is 3.18. The number of unbranched alkanes of at least 4 members (excludes halogenated alkanes) is 1. The summed E-state index contributed by atoms with van der Waals surface area (Å²) in [6.45, 7) is 1.28. The van der Waals surface area contributed by atoms with Crippen molar-refractivity contribution in [3.63, 3.8) is 0 Å². The fourth-order valence-corrected chi connectivity index (χ4v) is 6.36. The maximum absolute atomic E-state index is 14.4. The summed E-state index contributed by atoms with van der Waals surface area (Å²) in [6, 6.07) is 34.2. The van der Waals surface area contributed by atoms with E-state index in [1.807, 2.05) is 115 Å². The van der Waals surface area contributed by atoms with Crippen molar-refractivity contribution in [3.8, 4) is 0 Å². The maximum atomic E-state index is 14.4. The van der Waals surface area contributed by atoms with E-state index in [2.05, 4.69) is 21.3 Å². The molecule has 0 saturated heterocycles. The smallest absolute Gasteiger partial charge is 0.243 e. The van der Waals surface area contributed by atoms with Gasteiger partial charge in [-0.25, -0.2) is 0 Å². The van der Waals surface area contributed by atoms with Crippen molar-refractivity contribution >= 4 is 45.2 Å². The van der Waals surface area contributed by atoms with Crippen LogP contribution in [-0.4, -0.2) is 61.4 Å². The summed E-state index contributed by atoms with van der Waals surface area (Å²) in [5.74, 6) is -1.65. The number of hydrogen-bond acceptors (Lipinski definition) is 6. The topological polar surface area (TPSA) is 168 Å². The van der Waals surface area contributed by atoms with Crippen LogP contribution in [0.1, 0.15) is 42.4 Å². The third-order valence-electron chi connectivity index (χ3n) is 9.25. The summed E-state index contributed by atoms with van der Waals surface area (Å²) < 4.78 is 0. The highest BCUT2D eigenvalue weighted by atomic mass is 16.2. The molecule has 0 saturated carbocycles. The largest absolute Gasteiger partial charge is 0.354 e. The van der Waals surface area contributed by atoms with Crippen LogP contribution in [0, 0.1) is 0 Å². The van der Waals surface area contributed by atoms with Gasteiger partial charge in [0.15, 0.2) is 0 Å². The molecule has 0 aromatic heterocycles. The van der Waals surface area contributed by atoms with Crippen molar-refractivity contribution < 1.29 is 19.2 Å². The molecule has 0 aliphatic carbocycles. The number of fused-ring (bicyclic) bond motifs is 2. The van der Waals surface area contributed by atoms with E-state index in [-0.39, 0.29) is 37.5 Å². The van der Waals surface area contributed by atoms with Crippen molar-refractivity contribution in [2.24, 2.45) is 11.5 Å². The first-order valence-corrected chi connectivity index (χ1v) is 18.4. The van der Waals surface area contributed by atoms with Crippen LogP contribution in [0.25, 0.3) is 21.5 Å². The second-order valence-corrected chi connectivity index (χ2v) is 13.4. The molecule has 5 rings (SSSR count). The third-order valence-corrected chi connectivity index (χ3v) is 9.25. The highest BCUT2D eigenvalue weighted by Gasteiger charge is 2.30. The molecule has 53 heavy (non-hydrogen) atoms. The molecule has 4 amide bonds. The minimum atomic E-state index is -1.06. The molecule has 276 valence electrons. The Hall–Kier alpha value is -5.58. The number of benzene rings is 5. The maximum Gasteiger partial charge on any atom is 0.243 e. The van der Waals surface area contributed by atoms with Crippen LogP contribution in [-0.2, 0) is 38.4 Å². The number of rotatable bonds is 19. The molecule has 8 N–H and O–H groups in total. The fraction of sp³-hybridized carbons (Fsp3) is 0.302. The lowest BCUT2D eigenvalue weighted by atomic mass is 9.98. The van der Waals surface area contributed by atoms with E-state index < -0.39 is 29.9 Å². The van der Waals surface area contributed by atoms with Crippen LogP contribution in [0.15, 0.2) is 115 Å². The predicted molar refractivity (Wildman–Crippen MR) is 211 cm³/mol. The summed E-state index contributed by atoms with van der Waals surface area (Å²) in [4.78, 5) is 55.0. The Labute approximate surface area is 311 Å². The van der Waals surface area contributed by atoms with Gasteiger partial charge >= 0.3 is 0 Å². The van der Waals surface area contributed by atoms with E-state index in [9.17, 15) is 19.2 Å². The van der Waals surface area contributed by atoms with Crippen LogP contribution < -0.4 is 32.7 Å². The summed E-state index contributed by atoms with van der Waals surface area (Å²) >= 11 is 0. The molecule has 0 aliphatic rings. The van der Waals surface area contributed by atoms with Gasteiger partial charge in [-0.3, -0.25) is 19.2 Å². The van der Waals surface area contributed by atoms with Gasteiger partial charge in [0.2, 0.25) is 23.6 Å². The van der Waals surface area contributed by atoms with Gasteiger partial charge in [0.05, 0.1) is 0 Å². The van der Waals surface area contributed by atoms with Gasteiger partial charge in [0, 0.05) is 32.2 Å². The second kappa shape index (κ2) is 19.9. The van der Waals surface area contributed by atoms with Crippen LogP contribution >= 0.6 is 0 Å². The molecule has 0 fully saturated rings. The van der Waals surface area contributed by atoms with Crippen molar-refractivity contribution in [2.45, 2.75) is 63.1 Å². The second-order valence-electron chi connectivity index (χ2n) is 13.4. The lowest BCUT2D eigenvalue weighted by Gasteiger charge is -2.26. The first kappa shape index (κ1) is 38.6. The van der Waals surface area contributed by atoms with E-state index in [0.29, 0.717) is 32.5 Å². The van der Waals surface area contributed by atoms with Crippen LogP contribution in [0.5, 0.6) is 0 Å². The summed E-state index contributed by atoms with van der Waals surface area (Å²) in [5.41, 5.74) is 13.9. The molecule has 5 aromatic rings. The Morgan fingerprint density at radius 3 is 1.49 bits per heavy atom. The monoisotopic (exact) mass is 714 g/mol. The molecule has 0 radical (unpaired) electrons. The minimum Gasteiger partial charge on any atom is -0.354 e. The first-order chi connectivity index (χ1) is 25.8. The normalized spacial score (nSPS) is 12.8. The number of carbonyl (C=O) groups excluding carboxylic acids is 4. The Morgan fingerprint density at radius 1 is 0.472 bits per heavy atom. The van der Waals surface area contributed by atoms with Gasteiger partial charge in [-0.15, -0.1) is 0 Å². The lowest BCUT2D eigenvalue weighted by molar-refractivity contribution is -0.133. The molecule has 0 spiro atoms. The Kier molecular flexibility index (Phi) is 14.5. The molecule has 1 unspecified atom stereocenters. The van der Waals surface area contributed by atoms with Gasteiger partial charge in [0.1, 0.15) is 18.1 Å². The van der Waals surface area contributed by atoms with Gasteiger partial charge in [-0.2, -0.15) is 0 Å². The quantitative estimate of drug-likeness (QED) is 0.0706. The number of nitrogens with one attached hydrogen (secondary N) is 4. The van der Waals surface area contributed by atoms with Crippen LogP contribution in [0.2, 0.25) is 0 Å². The molecule has 10 nitrogen and oxygen atoms in total. The zero-order chi connectivity index (χ0) is 37.4. The molecule has 0 aliphatic heterocycles. The standard InChI is InChI=1S/C43H50N6O4/c44-22-8-9-24-46-41(51)37(28-31-18-20-33-13-4-6-15-35(33)25-31)48-43(53)39(29-32-19-21-34-14-5-7-16-36(34)26-32)49-42(52)38(47-40(50)17-10-23-45)27-30-11-2-1-3-12-30/h1-7,11-16,18-21,25-26,37-39H,8-10,17,22-24,27-29,44-45H2,(H,46,51)(H,47,50)(H,48,53)(H,49,52)/t37?,38-,39+/m1/s1. The molecule has 3 atom stereocenters. The van der Waals surface area contributed by atoms with Crippen molar-refractivity contribution in [1.82, 2.24) is 21.3 Å². The number of nitrogens with two attached hydrogens (primary N) is 2. The van der Waals surface area contributed by atoms with Gasteiger partial charge in [0.25, 0.3) is 0 Å². The highest BCUT2D eigenvalue weighted by Crippen LogP contribution is 2.19. The van der Waals surface area contributed by atoms with E-state index in [1.54, 1.807) is 0 Å². The molecular weight excluding hydrogens is 665 g/mol. The van der Waals surface area contributed by atoms with Crippen molar-refractivity contribution in [3.05, 3.63) is 132 Å². The summed E-state index contributed by atoms with van der Waals surface area (Å²) in [6.07, 6.45) is 2.74. The van der Waals surface area contributed by atoms with Gasteiger partial charge in [-0.05, 0) is 70.6 Å². The highest BCUT2D eigenvalue weighted by molar-refractivity contribution is 5.95. The molecule has 0 heterocycles. The van der Waals surface area contributed by atoms with Crippen molar-refractivity contribution in [2.75, 3.05) is 19.6 Å². The third kappa shape index (κ3) is 11.7. The molecule has 0 bridgehead atoms. The first-order valence-electron chi connectivity index (χ1n) is 18.4. The predicted octanol–water partition coefficient (Wildman–Crippen LogP) is 4.07.